The van der Waals surface area contributed by atoms with Crippen LogP contribution in [0.5, 0.6) is 0 Å². The van der Waals surface area contributed by atoms with Gasteiger partial charge in [0, 0.05) is 0 Å². The molecule has 0 saturated carbocycles. The van der Waals surface area contributed by atoms with Gasteiger partial charge in [0.25, 0.3) is 0 Å². The van der Waals surface area contributed by atoms with Gasteiger partial charge in [-0.05, 0) is 0 Å². The van der Waals surface area contributed by atoms with Crippen LogP contribution in [0, 0.1) is 5.92 Å². The Morgan fingerprint density at radius 2 is 0.867 bits per heavy atom. The summed E-state index contributed by atoms with van der Waals surface area (Å²) in [6, 6.07) is 20.0. The van der Waals surface area contributed by atoms with Gasteiger partial charge in [0.15, 0.2) is 0 Å². The van der Waals surface area contributed by atoms with Crippen molar-refractivity contribution >= 4 is 0 Å². The molecule has 1 heteroatoms. The summed E-state index contributed by atoms with van der Waals surface area (Å²) in [5.74, 6) is 1.42. The second-order valence-corrected chi connectivity index (χ2v) is 3.42. The Kier molecular flexibility index (Phi) is 14.9. The second kappa shape index (κ2) is 13.3. The maximum atomic E-state index is 2.08. The molecule has 2 rings (SSSR count). The third-order valence-electron chi connectivity index (χ3n) is 1.11. The summed E-state index contributed by atoms with van der Waals surface area (Å²) in [7, 11) is 0. The van der Waals surface area contributed by atoms with E-state index in [0.717, 1.165) is 0 Å². The van der Waals surface area contributed by atoms with Crippen LogP contribution in [0.25, 0.3) is 0 Å². The van der Waals surface area contributed by atoms with Crippen LogP contribution >= 0.6 is 0 Å². The molecule has 15 heavy (non-hydrogen) atoms. The zero-order valence-corrected chi connectivity index (χ0v) is 11.4. The molecular weight excluding hydrogens is 269 g/mol. The largest absolute Gasteiger partial charge is 3.00 e. The molecule has 0 fully saturated rings. The van der Waals surface area contributed by atoms with Gasteiger partial charge in [-0.2, -0.15) is 57.2 Å². The Hall–Kier alpha value is -0.677. The second-order valence-electron chi connectivity index (χ2n) is 3.42. The molecule has 0 spiro atoms. The minimum absolute atomic E-state index is 0. The molecular formula is C14H19Ru. The van der Waals surface area contributed by atoms with Crippen LogP contribution in [0.1, 0.15) is 20.8 Å². The van der Waals surface area contributed by atoms with E-state index < -0.39 is 0 Å². The summed E-state index contributed by atoms with van der Waals surface area (Å²) >= 11 is 0. The minimum atomic E-state index is 0. The third-order valence-corrected chi connectivity index (χ3v) is 1.11. The van der Waals surface area contributed by atoms with E-state index in [1.54, 1.807) is 0 Å². The maximum Gasteiger partial charge on any atom is 3.00 e. The summed E-state index contributed by atoms with van der Waals surface area (Å²) in [6.45, 7) is 6.25. The van der Waals surface area contributed by atoms with E-state index in [9.17, 15) is 0 Å². The van der Waals surface area contributed by atoms with Crippen molar-refractivity contribution in [1.29, 1.82) is 0 Å². The van der Waals surface area contributed by atoms with Gasteiger partial charge in [-0.15, -0.1) is 0 Å². The van der Waals surface area contributed by atoms with E-state index in [-0.39, 0.29) is 19.5 Å². The molecule has 0 amide bonds. The van der Waals surface area contributed by atoms with Crippen LogP contribution in [0.3, 0.4) is 0 Å². The molecule has 0 aliphatic heterocycles. The van der Waals surface area contributed by atoms with Crippen molar-refractivity contribution in [2.45, 2.75) is 20.8 Å². The summed E-state index contributed by atoms with van der Waals surface area (Å²) < 4.78 is 0. The maximum absolute atomic E-state index is 2.08. The first-order valence-electron chi connectivity index (χ1n) is 4.83. The molecule has 0 saturated heterocycles. The van der Waals surface area contributed by atoms with Crippen LogP contribution in [0.4, 0.5) is 0 Å². The van der Waals surface area contributed by atoms with E-state index in [0.29, 0.717) is 0 Å². The molecule has 83 valence electrons. The van der Waals surface area contributed by atoms with E-state index in [4.69, 9.17) is 0 Å². The average molecular weight is 288 g/mol. The van der Waals surface area contributed by atoms with E-state index in [1.165, 1.54) is 5.92 Å². The van der Waals surface area contributed by atoms with Crippen LogP contribution in [0.2, 0.25) is 0 Å². The minimum Gasteiger partial charge on any atom is -0.323 e. The standard InChI is InChI=1S/2C5H5.C4H9.Ru/c2*1-2-4-5-3-1;1-4(2)3;/h2*1-5H;1-3H3;/q3*-1;+3. The Morgan fingerprint density at radius 3 is 0.933 bits per heavy atom. The fraction of sp³-hybridized carbons (Fsp3) is 0.214. The van der Waals surface area contributed by atoms with E-state index in [2.05, 4.69) is 20.8 Å². The predicted octanol–water partition coefficient (Wildman–Crippen LogP) is 4.43. The Morgan fingerprint density at radius 1 is 0.667 bits per heavy atom. The quantitative estimate of drug-likeness (QED) is 0.497. The molecule has 1 radical (unpaired) electrons. The van der Waals surface area contributed by atoms with Crippen molar-refractivity contribution in [1.82, 2.24) is 0 Å². The van der Waals surface area contributed by atoms with Crippen molar-refractivity contribution in [2.75, 3.05) is 0 Å². The van der Waals surface area contributed by atoms with E-state index >= 15 is 0 Å². The summed E-state index contributed by atoms with van der Waals surface area (Å²) in [4.78, 5) is 0. The van der Waals surface area contributed by atoms with Crippen molar-refractivity contribution in [3.05, 3.63) is 66.6 Å². The number of hydrogen-bond acceptors (Lipinski definition) is 0. The zero-order valence-electron chi connectivity index (χ0n) is 9.63. The monoisotopic (exact) mass is 289 g/mol. The zero-order chi connectivity index (χ0) is 10.6. The molecule has 0 bridgehead atoms. The SMILES string of the molecule is C[C-](C)C.[Ru+3].c1cc[cH-]c1.c1cc[cH-]c1. The van der Waals surface area contributed by atoms with Crippen LogP contribution < -0.4 is 0 Å². The smallest absolute Gasteiger partial charge is 0.323 e. The van der Waals surface area contributed by atoms with E-state index in [1.807, 2.05) is 60.7 Å². The summed E-state index contributed by atoms with van der Waals surface area (Å²) in [5, 5.41) is 0. The first-order chi connectivity index (χ1) is 6.73. The van der Waals surface area contributed by atoms with Gasteiger partial charge in [0.1, 0.15) is 0 Å². The average Bonchev–Trinajstić information content (AvgIpc) is 2.83. The predicted molar refractivity (Wildman–Crippen MR) is 64.3 cm³/mol. The topological polar surface area (TPSA) is 0 Å². The Bertz CT molecular complexity index is 177. The van der Waals surface area contributed by atoms with Crippen molar-refractivity contribution in [3.63, 3.8) is 0 Å². The molecule has 0 aliphatic carbocycles. The summed E-state index contributed by atoms with van der Waals surface area (Å²) in [5.41, 5.74) is 0. The fourth-order valence-corrected chi connectivity index (χ4v) is 0.642. The first kappa shape index (κ1) is 16.7. The van der Waals surface area contributed by atoms with Crippen LogP contribution in [-0.4, -0.2) is 0 Å². The third kappa shape index (κ3) is 19.7. The molecule has 2 aromatic rings. The van der Waals surface area contributed by atoms with Gasteiger partial charge in [0.2, 0.25) is 0 Å². The molecule has 0 nitrogen and oxygen atoms in total. The van der Waals surface area contributed by atoms with Crippen molar-refractivity contribution in [2.24, 2.45) is 0 Å². The van der Waals surface area contributed by atoms with Gasteiger partial charge in [0.05, 0.1) is 0 Å². The van der Waals surface area contributed by atoms with Gasteiger partial charge in [-0.25, -0.2) is 24.3 Å². The molecule has 0 atom stereocenters. The van der Waals surface area contributed by atoms with Gasteiger partial charge in [-0.1, -0.05) is 0 Å². The number of hydrogen-bond donors (Lipinski definition) is 0. The van der Waals surface area contributed by atoms with Gasteiger partial charge in [-0.3, -0.25) is 0 Å². The molecule has 0 unspecified atom stereocenters. The van der Waals surface area contributed by atoms with Crippen LogP contribution in [0.15, 0.2) is 60.7 Å². The molecule has 0 N–H and O–H groups in total. The summed E-state index contributed by atoms with van der Waals surface area (Å²) in [6.07, 6.45) is 0. The Labute approximate surface area is 107 Å². The molecule has 0 aromatic heterocycles. The van der Waals surface area contributed by atoms with Gasteiger partial charge < -0.3 is 5.92 Å². The Balaban J connectivity index is 0. The molecule has 0 heterocycles. The first-order valence-corrected chi connectivity index (χ1v) is 4.83. The van der Waals surface area contributed by atoms with Crippen molar-refractivity contribution in [3.8, 4) is 0 Å². The molecule has 0 aliphatic rings. The number of rotatable bonds is 0. The normalized spacial score (nSPS) is 7.73. The fourth-order valence-electron chi connectivity index (χ4n) is 0.642. The van der Waals surface area contributed by atoms with Crippen LogP contribution in [-0.2, 0) is 19.5 Å². The van der Waals surface area contributed by atoms with Gasteiger partial charge >= 0.3 is 19.5 Å². The molecule has 2 aromatic carbocycles. The van der Waals surface area contributed by atoms with Crippen molar-refractivity contribution < 1.29 is 19.5 Å².